The van der Waals surface area contributed by atoms with Crippen LogP contribution in [0.3, 0.4) is 0 Å². The van der Waals surface area contributed by atoms with Gasteiger partial charge in [0.1, 0.15) is 0 Å². The van der Waals surface area contributed by atoms with Crippen molar-refractivity contribution in [1.29, 1.82) is 0 Å². The number of methoxy groups -OCH3 is 1. The fourth-order valence-corrected chi connectivity index (χ4v) is 6.00. The van der Waals surface area contributed by atoms with Gasteiger partial charge in [0.05, 0.1) is 18.3 Å². The molecule has 1 spiro atoms. The molecule has 3 fully saturated rings. The van der Waals surface area contributed by atoms with Crippen molar-refractivity contribution < 1.29 is 14.6 Å². The number of carbonyl (C=O) groups is 1. The number of fused-ring (bicyclic) bond motifs is 1. The van der Waals surface area contributed by atoms with E-state index in [2.05, 4.69) is 13.8 Å². The lowest BCUT2D eigenvalue weighted by atomic mass is 9.42. The molecule has 1 aromatic carbocycles. The fourth-order valence-electron chi connectivity index (χ4n) is 6.00. The number of carbonyl (C=O) groups excluding carboxylic acids is 1. The summed E-state index contributed by atoms with van der Waals surface area (Å²) < 4.78 is 4.74. The van der Waals surface area contributed by atoms with E-state index in [1.165, 1.54) is 20.0 Å². The van der Waals surface area contributed by atoms with Gasteiger partial charge in [-0.1, -0.05) is 26.0 Å². The summed E-state index contributed by atoms with van der Waals surface area (Å²) in [4.78, 5) is 11.5. The van der Waals surface area contributed by atoms with E-state index >= 15 is 0 Å². The Morgan fingerprint density at radius 3 is 2.50 bits per heavy atom. The summed E-state index contributed by atoms with van der Waals surface area (Å²) in [5, 5.41) is 11.3. The van der Waals surface area contributed by atoms with Gasteiger partial charge in [0, 0.05) is 0 Å². The number of hydrogen-bond acceptors (Lipinski definition) is 3. The normalized spacial score (nSPS) is 40.9. The van der Waals surface area contributed by atoms with Gasteiger partial charge in [0.25, 0.3) is 0 Å². The van der Waals surface area contributed by atoms with E-state index in [0.717, 1.165) is 24.3 Å². The maximum absolute atomic E-state index is 11.5. The van der Waals surface area contributed by atoms with Crippen LogP contribution in [-0.4, -0.2) is 18.2 Å². The third kappa shape index (κ3) is 1.53. The van der Waals surface area contributed by atoms with Crippen molar-refractivity contribution in [2.45, 2.75) is 45.1 Å². The summed E-state index contributed by atoms with van der Waals surface area (Å²) in [5.41, 5.74) is 1.46. The van der Waals surface area contributed by atoms with E-state index in [9.17, 15) is 9.90 Å². The van der Waals surface area contributed by atoms with Crippen LogP contribution in [0.1, 0.15) is 55.5 Å². The molecular formula is C19H24O3. The zero-order chi connectivity index (χ0) is 15.8. The molecule has 3 heteroatoms. The first-order chi connectivity index (χ1) is 10.3. The highest BCUT2D eigenvalue weighted by Gasteiger charge is 2.74. The van der Waals surface area contributed by atoms with Gasteiger partial charge in [-0.25, -0.2) is 4.79 Å². The maximum atomic E-state index is 11.5. The van der Waals surface area contributed by atoms with Crippen molar-refractivity contribution in [3.8, 4) is 0 Å². The van der Waals surface area contributed by atoms with Crippen molar-refractivity contribution in [1.82, 2.24) is 0 Å². The molecule has 1 N–H and O–H groups in total. The maximum Gasteiger partial charge on any atom is 0.337 e. The molecule has 22 heavy (non-hydrogen) atoms. The minimum absolute atomic E-state index is 0.327. The molecule has 3 aliphatic carbocycles. The molecule has 0 heterocycles. The van der Waals surface area contributed by atoms with Crippen molar-refractivity contribution in [2.24, 2.45) is 22.7 Å². The number of ether oxygens (including phenoxy) is 1. The molecular weight excluding hydrogens is 276 g/mol. The number of benzene rings is 1. The second-order valence-corrected chi connectivity index (χ2v) is 8.27. The molecule has 0 radical (unpaired) electrons. The summed E-state index contributed by atoms with van der Waals surface area (Å²) in [7, 11) is 1.39. The van der Waals surface area contributed by atoms with Crippen molar-refractivity contribution in [3.63, 3.8) is 0 Å². The van der Waals surface area contributed by atoms with Crippen molar-refractivity contribution in [2.75, 3.05) is 7.11 Å². The van der Waals surface area contributed by atoms with Crippen LogP contribution in [0.25, 0.3) is 0 Å². The zero-order valence-electron chi connectivity index (χ0n) is 13.6. The Kier molecular flexibility index (Phi) is 2.68. The van der Waals surface area contributed by atoms with Crippen LogP contribution in [0.4, 0.5) is 0 Å². The largest absolute Gasteiger partial charge is 0.465 e. The number of hydrogen-bond donors (Lipinski definition) is 1. The van der Waals surface area contributed by atoms with Crippen LogP contribution in [0.5, 0.6) is 0 Å². The molecule has 118 valence electrons. The van der Waals surface area contributed by atoms with Gasteiger partial charge in [-0.15, -0.1) is 0 Å². The Morgan fingerprint density at radius 2 is 1.91 bits per heavy atom. The first kappa shape index (κ1) is 14.3. The summed E-state index contributed by atoms with van der Waals surface area (Å²) in [5.74, 6) is 0.825. The SMILES string of the molecule is COC(=O)c1ccc([C@@]2(O)CC34CC(CC32)CC4(C)C)cc1. The van der Waals surface area contributed by atoms with Gasteiger partial charge >= 0.3 is 5.97 Å². The minimum Gasteiger partial charge on any atom is -0.465 e. The molecule has 0 aliphatic heterocycles. The van der Waals surface area contributed by atoms with Gasteiger partial charge in [-0.3, -0.25) is 0 Å². The Morgan fingerprint density at radius 1 is 1.23 bits per heavy atom. The van der Waals surface area contributed by atoms with E-state index in [4.69, 9.17) is 4.74 Å². The fraction of sp³-hybridized carbons (Fsp3) is 0.632. The van der Waals surface area contributed by atoms with E-state index in [1.54, 1.807) is 12.1 Å². The second kappa shape index (κ2) is 4.14. The minimum atomic E-state index is -0.707. The molecule has 3 unspecified atom stereocenters. The Hall–Kier alpha value is -1.35. The van der Waals surface area contributed by atoms with E-state index in [0.29, 0.717) is 22.3 Å². The third-order valence-corrected chi connectivity index (χ3v) is 7.00. The Labute approximate surface area is 131 Å². The first-order valence-electron chi connectivity index (χ1n) is 8.24. The van der Waals surface area contributed by atoms with E-state index in [1.807, 2.05) is 12.1 Å². The van der Waals surface area contributed by atoms with E-state index < -0.39 is 5.60 Å². The van der Waals surface area contributed by atoms with Crippen LogP contribution in [-0.2, 0) is 10.3 Å². The van der Waals surface area contributed by atoms with Crippen LogP contribution in [0.15, 0.2) is 24.3 Å². The molecule has 3 saturated carbocycles. The predicted molar refractivity (Wildman–Crippen MR) is 83.3 cm³/mol. The highest BCUT2D eigenvalue weighted by molar-refractivity contribution is 5.89. The molecule has 4 rings (SSSR count). The Balaban J connectivity index is 1.64. The van der Waals surface area contributed by atoms with Gasteiger partial charge < -0.3 is 9.84 Å². The van der Waals surface area contributed by atoms with Crippen LogP contribution in [0.2, 0.25) is 0 Å². The molecule has 3 aliphatic rings. The molecule has 1 aromatic rings. The smallest absolute Gasteiger partial charge is 0.337 e. The second-order valence-electron chi connectivity index (χ2n) is 8.27. The molecule has 0 amide bonds. The van der Waals surface area contributed by atoms with Gasteiger partial charge in [-0.2, -0.15) is 0 Å². The topological polar surface area (TPSA) is 46.5 Å². The highest BCUT2D eigenvalue weighted by Crippen LogP contribution is 2.79. The Bertz CT molecular complexity index is 633. The number of aliphatic hydroxyl groups is 1. The quantitative estimate of drug-likeness (QED) is 0.850. The molecule has 0 saturated heterocycles. The van der Waals surface area contributed by atoms with Crippen LogP contribution < -0.4 is 0 Å². The van der Waals surface area contributed by atoms with Gasteiger partial charge in [0.15, 0.2) is 0 Å². The van der Waals surface area contributed by atoms with Crippen LogP contribution in [0, 0.1) is 22.7 Å². The molecule has 3 nitrogen and oxygen atoms in total. The summed E-state index contributed by atoms with van der Waals surface area (Å²) in [6.07, 6.45) is 4.61. The van der Waals surface area contributed by atoms with Crippen molar-refractivity contribution >= 4 is 5.97 Å². The van der Waals surface area contributed by atoms with E-state index in [-0.39, 0.29) is 5.97 Å². The summed E-state index contributed by atoms with van der Waals surface area (Å²) in [6, 6.07) is 7.33. The van der Waals surface area contributed by atoms with Crippen LogP contribution >= 0.6 is 0 Å². The van der Waals surface area contributed by atoms with Gasteiger partial charge in [0.2, 0.25) is 0 Å². The summed E-state index contributed by atoms with van der Waals surface area (Å²) >= 11 is 0. The number of esters is 1. The van der Waals surface area contributed by atoms with Gasteiger partial charge in [-0.05, 0) is 66.0 Å². The molecule has 4 atom stereocenters. The summed E-state index contributed by atoms with van der Waals surface area (Å²) in [6.45, 7) is 4.75. The zero-order valence-corrected chi connectivity index (χ0v) is 13.6. The lowest BCUT2D eigenvalue weighted by Gasteiger charge is -2.64. The highest BCUT2D eigenvalue weighted by atomic mass is 16.5. The first-order valence-corrected chi connectivity index (χ1v) is 8.24. The number of rotatable bonds is 2. The molecule has 0 aromatic heterocycles. The monoisotopic (exact) mass is 300 g/mol. The lowest BCUT2D eigenvalue weighted by Crippen LogP contribution is -2.62. The average molecular weight is 300 g/mol. The predicted octanol–water partition coefficient (Wildman–Crippen LogP) is 3.51. The average Bonchev–Trinajstić information content (AvgIpc) is 2.93. The molecule has 2 bridgehead atoms. The third-order valence-electron chi connectivity index (χ3n) is 7.00. The standard InChI is InChI=1S/C19H24O3/c1-17(2)9-12-8-15-18(17,10-12)11-19(15,21)14-6-4-13(5-7-14)16(20)22-3/h4-7,12,15,21H,8-11H2,1-3H3/t12?,15?,18?,19-/m0/s1. The lowest BCUT2D eigenvalue weighted by molar-refractivity contribution is -0.232. The van der Waals surface area contributed by atoms with Crippen molar-refractivity contribution in [3.05, 3.63) is 35.4 Å².